The molecule has 2 aromatic carbocycles. The molecule has 21 heavy (non-hydrogen) atoms. The lowest BCUT2D eigenvalue weighted by Gasteiger charge is -2.10. The second-order valence-electron chi connectivity index (χ2n) is 4.39. The van der Waals surface area contributed by atoms with E-state index in [-0.39, 0.29) is 12.4 Å². The van der Waals surface area contributed by atoms with Gasteiger partial charge in [0.1, 0.15) is 5.75 Å². The minimum Gasteiger partial charge on any atom is -0.493 e. The van der Waals surface area contributed by atoms with Crippen LogP contribution < -0.4 is 9.47 Å². The third-order valence-corrected chi connectivity index (χ3v) is 3.41. The molecule has 0 bridgehead atoms. The maximum absolute atomic E-state index is 13.7. The summed E-state index contributed by atoms with van der Waals surface area (Å²) in [5, 5.41) is 0.395. The van der Waals surface area contributed by atoms with E-state index >= 15 is 0 Å². The standard InChI is InChI=1S/C16H15BrF2O2/c17-11-12-9-14(18)16(15(19)10-12)21-8-4-7-20-13-5-2-1-3-6-13/h1-3,5-6,9-10H,4,7-8,11H2. The highest BCUT2D eigenvalue weighted by atomic mass is 79.9. The van der Waals surface area contributed by atoms with E-state index in [9.17, 15) is 8.78 Å². The Kier molecular flexibility index (Phi) is 5.99. The van der Waals surface area contributed by atoms with E-state index < -0.39 is 11.6 Å². The number of alkyl halides is 1. The molecule has 0 heterocycles. The molecule has 0 spiro atoms. The number of ether oxygens (including phenoxy) is 2. The zero-order valence-corrected chi connectivity index (χ0v) is 12.9. The number of hydrogen-bond acceptors (Lipinski definition) is 2. The van der Waals surface area contributed by atoms with Gasteiger partial charge >= 0.3 is 0 Å². The summed E-state index contributed by atoms with van der Waals surface area (Å²) >= 11 is 3.16. The molecule has 0 saturated heterocycles. The predicted molar refractivity (Wildman–Crippen MR) is 81.0 cm³/mol. The van der Waals surface area contributed by atoms with Crippen molar-refractivity contribution in [3.63, 3.8) is 0 Å². The van der Waals surface area contributed by atoms with Gasteiger partial charge in [-0.05, 0) is 29.8 Å². The lowest BCUT2D eigenvalue weighted by molar-refractivity contribution is 0.234. The monoisotopic (exact) mass is 356 g/mol. The molecule has 0 saturated carbocycles. The van der Waals surface area contributed by atoms with Crippen LogP contribution in [0.25, 0.3) is 0 Å². The van der Waals surface area contributed by atoms with E-state index in [0.29, 0.717) is 23.9 Å². The minimum atomic E-state index is -0.687. The second kappa shape index (κ2) is 7.98. The summed E-state index contributed by atoms with van der Waals surface area (Å²) in [6, 6.07) is 11.9. The third kappa shape index (κ3) is 4.70. The van der Waals surface area contributed by atoms with Crippen LogP contribution in [0.3, 0.4) is 0 Å². The average Bonchev–Trinajstić information content (AvgIpc) is 2.50. The highest BCUT2D eigenvalue weighted by Crippen LogP contribution is 2.24. The molecule has 0 aliphatic carbocycles. The molecule has 0 aliphatic rings. The van der Waals surface area contributed by atoms with Crippen molar-refractivity contribution < 1.29 is 18.3 Å². The van der Waals surface area contributed by atoms with Gasteiger partial charge in [-0.2, -0.15) is 0 Å². The molecule has 0 aromatic heterocycles. The van der Waals surface area contributed by atoms with Crippen molar-refractivity contribution in [3.05, 3.63) is 59.7 Å². The Hall–Kier alpha value is -1.62. The minimum absolute atomic E-state index is 0.189. The molecular formula is C16H15BrF2O2. The fraction of sp³-hybridized carbons (Fsp3) is 0.250. The van der Waals surface area contributed by atoms with Gasteiger partial charge in [-0.25, -0.2) is 8.78 Å². The summed E-state index contributed by atoms with van der Waals surface area (Å²) in [6.45, 7) is 0.612. The Morgan fingerprint density at radius 1 is 0.905 bits per heavy atom. The molecule has 0 radical (unpaired) electrons. The summed E-state index contributed by atoms with van der Waals surface area (Å²) in [4.78, 5) is 0. The molecule has 2 aromatic rings. The zero-order chi connectivity index (χ0) is 15.1. The summed E-state index contributed by atoms with van der Waals surface area (Å²) in [5.41, 5.74) is 0.532. The quantitative estimate of drug-likeness (QED) is 0.528. The molecule has 0 aliphatic heterocycles. The molecule has 0 N–H and O–H groups in total. The van der Waals surface area contributed by atoms with Gasteiger partial charge in [0.05, 0.1) is 13.2 Å². The first-order valence-corrected chi connectivity index (χ1v) is 7.67. The van der Waals surface area contributed by atoms with Crippen molar-refractivity contribution in [3.8, 4) is 11.5 Å². The van der Waals surface area contributed by atoms with Crippen molar-refractivity contribution in [2.75, 3.05) is 13.2 Å². The summed E-state index contributed by atoms with van der Waals surface area (Å²) in [6.07, 6.45) is 0.536. The first kappa shape index (κ1) is 15.8. The van der Waals surface area contributed by atoms with Crippen LogP contribution in [0.4, 0.5) is 8.78 Å². The van der Waals surface area contributed by atoms with Crippen LogP contribution in [0.15, 0.2) is 42.5 Å². The highest BCUT2D eigenvalue weighted by Gasteiger charge is 2.12. The maximum atomic E-state index is 13.7. The molecule has 5 heteroatoms. The molecule has 112 valence electrons. The van der Waals surface area contributed by atoms with E-state index in [1.165, 1.54) is 12.1 Å². The lowest BCUT2D eigenvalue weighted by atomic mass is 10.2. The molecular weight excluding hydrogens is 342 g/mol. The van der Waals surface area contributed by atoms with Crippen molar-refractivity contribution in [1.29, 1.82) is 0 Å². The van der Waals surface area contributed by atoms with Crippen molar-refractivity contribution in [2.24, 2.45) is 0 Å². The number of halogens is 3. The van der Waals surface area contributed by atoms with Crippen LogP contribution in [-0.2, 0) is 5.33 Å². The van der Waals surface area contributed by atoms with Gasteiger partial charge in [0.15, 0.2) is 17.4 Å². The van der Waals surface area contributed by atoms with Crippen LogP contribution in [0.1, 0.15) is 12.0 Å². The fourth-order valence-electron chi connectivity index (χ4n) is 1.77. The van der Waals surface area contributed by atoms with Gasteiger partial charge in [-0.1, -0.05) is 34.1 Å². The third-order valence-electron chi connectivity index (χ3n) is 2.76. The molecule has 0 unspecified atom stereocenters. The molecule has 2 rings (SSSR count). The first-order chi connectivity index (χ1) is 10.2. The Morgan fingerprint density at radius 2 is 1.52 bits per heavy atom. The summed E-state index contributed by atoms with van der Waals surface area (Å²) < 4.78 is 37.9. The van der Waals surface area contributed by atoms with Gasteiger partial charge in [-0.15, -0.1) is 0 Å². The molecule has 0 atom stereocenters. The number of benzene rings is 2. The largest absolute Gasteiger partial charge is 0.493 e. The SMILES string of the molecule is Fc1cc(CBr)cc(F)c1OCCCOc1ccccc1. The van der Waals surface area contributed by atoms with E-state index in [1.807, 2.05) is 30.3 Å². The van der Waals surface area contributed by atoms with Crippen molar-refractivity contribution in [1.82, 2.24) is 0 Å². The molecule has 2 nitrogen and oxygen atoms in total. The molecule has 0 fully saturated rings. The van der Waals surface area contributed by atoms with E-state index in [0.717, 1.165) is 5.75 Å². The van der Waals surface area contributed by atoms with Crippen molar-refractivity contribution in [2.45, 2.75) is 11.8 Å². The number of para-hydroxylation sites is 1. The molecule has 0 amide bonds. The normalized spacial score (nSPS) is 10.4. The lowest BCUT2D eigenvalue weighted by Crippen LogP contribution is -2.07. The van der Waals surface area contributed by atoms with Crippen LogP contribution in [0, 0.1) is 11.6 Å². The fourth-order valence-corrected chi connectivity index (χ4v) is 2.09. The van der Waals surface area contributed by atoms with E-state index in [2.05, 4.69) is 15.9 Å². The maximum Gasteiger partial charge on any atom is 0.190 e. The first-order valence-electron chi connectivity index (χ1n) is 6.55. The Labute approximate surface area is 130 Å². The van der Waals surface area contributed by atoms with Gasteiger partial charge < -0.3 is 9.47 Å². The van der Waals surface area contributed by atoms with Crippen LogP contribution >= 0.6 is 15.9 Å². The van der Waals surface area contributed by atoms with Gasteiger partial charge in [0.2, 0.25) is 0 Å². The topological polar surface area (TPSA) is 18.5 Å². The smallest absolute Gasteiger partial charge is 0.190 e. The second-order valence-corrected chi connectivity index (χ2v) is 4.95. The van der Waals surface area contributed by atoms with E-state index in [4.69, 9.17) is 9.47 Å². The summed E-state index contributed by atoms with van der Waals surface area (Å²) in [7, 11) is 0. The number of hydrogen-bond donors (Lipinski definition) is 0. The van der Waals surface area contributed by atoms with Gasteiger partial charge in [0, 0.05) is 11.8 Å². The van der Waals surface area contributed by atoms with Crippen LogP contribution in [0.5, 0.6) is 11.5 Å². The highest BCUT2D eigenvalue weighted by molar-refractivity contribution is 9.08. The Morgan fingerprint density at radius 3 is 2.14 bits per heavy atom. The van der Waals surface area contributed by atoms with Crippen LogP contribution in [-0.4, -0.2) is 13.2 Å². The Bertz CT molecular complexity index is 553. The van der Waals surface area contributed by atoms with Gasteiger partial charge in [0.25, 0.3) is 0 Å². The number of rotatable bonds is 7. The summed E-state index contributed by atoms with van der Waals surface area (Å²) in [5.74, 6) is -0.946. The predicted octanol–water partition coefficient (Wildman–Crippen LogP) is 4.71. The Balaban J connectivity index is 1.79. The zero-order valence-electron chi connectivity index (χ0n) is 11.3. The average molecular weight is 357 g/mol. The van der Waals surface area contributed by atoms with Crippen LogP contribution in [0.2, 0.25) is 0 Å². The van der Waals surface area contributed by atoms with E-state index in [1.54, 1.807) is 0 Å². The van der Waals surface area contributed by atoms with Crippen molar-refractivity contribution >= 4 is 15.9 Å². The van der Waals surface area contributed by atoms with Gasteiger partial charge in [-0.3, -0.25) is 0 Å².